The van der Waals surface area contributed by atoms with Crippen LogP contribution in [0.4, 0.5) is 39.5 Å². The van der Waals surface area contributed by atoms with Gasteiger partial charge in [-0.2, -0.15) is 39.5 Å². The van der Waals surface area contributed by atoms with E-state index in [2.05, 4.69) is 19.6 Å². The normalized spacial score (nSPS) is 27.8. The molecule has 0 aromatic heterocycles. The van der Waals surface area contributed by atoms with Crippen molar-refractivity contribution in [1.29, 1.82) is 0 Å². The van der Waals surface area contributed by atoms with Gasteiger partial charge in [0.15, 0.2) is 0 Å². The number of aromatic hydroxyl groups is 1. The Hall–Kier alpha value is -2.44. The van der Waals surface area contributed by atoms with E-state index in [0.29, 0.717) is 36.5 Å². The summed E-state index contributed by atoms with van der Waals surface area (Å²) in [5, 5.41) is 30.4. The lowest BCUT2D eigenvalue weighted by Crippen LogP contribution is -2.60. The third-order valence-electron chi connectivity index (χ3n) is 12.1. The monoisotopic (exact) mass is 728 g/mol. The SMILES string of the molecule is C=C1[C@H](O)CC2C3C(CC[C@]12C)c1ccc(O)cc1C[C@H]3CCCCCCCCCC(CCCC(F)(F)C(F)(F)C(F)(F)C(F)(F)F)C(=O)O. The average molecular weight is 729 g/mol. The molecule has 2 fully saturated rings. The number of fused-ring (bicyclic) bond motifs is 5. The number of benzene rings is 1. The number of hydrogen-bond donors (Lipinski definition) is 3. The Balaban J connectivity index is 1.19. The summed E-state index contributed by atoms with van der Waals surface area (Å²) in [4.78, 5) is 11.6. The smallest absolute Gasteiger partial charge is 0.460 e. The predicted molar refractivity (Wildman–Crippen MR) is 170 cm³/mol. The topological polar surface area (TPSA) is 77.8 Å². The minimum atomic E-state index is -6.95. The molecule has 3 N–H and O–H groups in total. The number of aliphatic hydroxyl groups is 1. The van der Waals surface area contributed by atoms with Crippen LogP contribution in [0.25, 0.3) is 0 Å². The number of aliphatic carboxylic acids is 1. The van der Waals surface area contributed by atoms with E-state index in [0.717, 1.165) is 69.8 Å². The minimum absolute atomic E-state index is 0.0402. The maximum absolute atomic E-state index is 13.8. The minimum Gasteiger partial charge on any atom is -0.508 e. The van der Waals surface area contributed by atoms with Crippen LogP contribution in [0.2, 0.25) is 0 Å². The van der Waals surface area contributed by atoms with Gasteiger partial charge in [-0.3, -0.25) is 4.79 Å². The maximum atomic E-state index is 13.8. The molecule has 4 rings (SSSR count). The molecule has 0 aliphatic heterocycles. The highest BCUT2D eigenvalue weighted by atomic mass is 19.4. The van der Waals surface area contributed by atoms with Crippen LogP contribution in [-0.2, 0) is 11.2 Å². The van der Waals surface area contributed by atoms with Crippen molar-refractivity contribution in [2.75, 3.05) is 0 Å². The molecule has 3 aliphatic rings. The van der Waals surface area contributed by atoms with Crippen molar-refractivity contribution in [2.45, 2.75) is 146 Å². The van der Waals surface area contributed by atoms with Gasteiger partial charge in [-0.05, 0) is 109 Å². The van der Waals surface area contributed by atoms with Crippen molar-refractivity contribution < 1.29 is 59.6 Å². The van der Waals surface area contributed by atoms with Crippen molar-refractivity contribution in [3.8, 4) is 5.75 Å². The van der Waals surface area contributed by atoms with E-state index in [1.807, 2.05) is 6.07 Å². The largest absolute Gasteiger partial charge is 0.508 e. The van der Waals surface area contributed by atoms with Crippen LogP contribution in [0.15, 0.2) is 30.4 Å². The Labute approximate surface area is 287 Å². The number of carbonyl (C=O) groups is 1. The molecule has 50 heavy (non-hydrogen) atoms. The molecule has 4 unspecified atom stereocenters. The summed E-state index contributed by atoms with van der Waals surface area (Å²) in [6, 6.07) is 5.71. The number of carboxylic acids is 1. The molecule has 284 valence electrons. The van der Waals surface area contributed by atoms with Gasteiger partial charge in [-0.25, -0.2) is 0 Å². The van der Waals surface area contributed by atoms with Crippen molar-refractivity contribution in [1.82, 2.24) is 0 Å². The van der Waals surface area contributed by atoms with Gasteiger partial charge in [-0.15, -0.1) is 0 Å². The molecule has 4 nitrogen and oxygen atoms in total. The summed E-state index contributed by atoms with van der Waals surface area (Å²) in [5.41, 5.74) is 3.38. The van der Waals surface area contributed by atoms with E-state index in [1.165, 1.54) is 11.1 Å². The second-order valence-electron chi connectivity index (χ2n) is 15.2. The van der Waals surface area contributed by atoms with Gasteiger partial charge in [0.25, 0.3) is 0 Å². The fraction of sp³-hybridized carbons (Fsp3) is 0.757. The molecule has 3 aliphatic carbocycles. The Morgan fingerprint density at radius 1 is 0.920 bits per heavy atom. The van der Waals surface area contributed by atoms with Crippen LogP contribution in [0.5, 0.6) is 5.75 Å². The number of unbranched alkanes of at least 4 members (excludes halogenated alkanes) is 6. The summed E-state index contributed by atoms with van der Waals surface area (Å²) in [7, 11) is 0. The van der Waals surface area contributed by atoms with Gasteiger partial charge < -0.3 is 15.3 Å². The predicted octanol–water partition coefficient (Wildman–Crippen LogP) is 10.9. The van der Waals surface area contributed by atoms with Crippen LogP contribution < -0.4 is 0 Å². The van der Waals surface area contributed by atoms with Gasteiger partial charge in [0, 0.05) is 6.42 Å². The van der Waals surface area contributed by atoms with E-state index in [-0.39, 0.29) is 17.6 Å². The summed E-state index contributed by atoms with van der Waals surface area (Å²) in [6.45, 7) is 6.52. The highest BCUT2D eigenvalue weighted by Crippen LogP contribution is 2.64. The van der Waals surface area contributed by atoms with E-state index in [9.17, 15) is 59.6 Å². The van der Waals surface area contributed by atoms with Gasteiger partial charge in [0.2, 0.25) is 0 Å². The van der Waals surface area contributed by atoms with E-state index < -0.39 is 61.2 Å². The number of rotatable bonds is 17. The van der Waals surface area contributed by atoms with Crippen LogP contribution in [0.1, 0.15) is 120 Å². The summed E-state index contributed by atoms with van der Waals surface area (Å²) >= 11 is 0. The van der Waals surface area contributed by atoms with Crippen molar-refractivity contribution in [2.24, 2.45) is 29.1 Å². The van der Waals surface area contributed by atoms with Gasteiger partial charge >= 0.3 is 29.9 Å². The van der Waals surface area contributed by atoms with Crippen molar-refractivity contribution >= 4 is 5.97 Å². The van der Waals surface area contributed by atoms with Gasteiger partial charge in [-0.1, -0.05) is 64.5 Å². The number of carboxylic acid groups (broad SMARTS) is 1. The first kappa shape index (κ1) is 40.3. The first-order chi connectivity index (χ1) is 23.2. The number of phenols is 1. The number of alkyl halides is 9. The Morgan fingerprint density at radius 3 is 2.14 bits per heavy atom. The zero-order valence-corrected chi connectivity index (χ0v) is 28.4. The summed E-state index contributed by atoms with van der Waals surface area (Å²) in [5.74, 6) is -20.1. The average Bonchev–Trinajstić information content (AvgIpc) is 3.25. The Kier molecular flexibility index (Phi) is 12.3. The van der Waals surface area contributed by atoms with E-state index >= 15 is 0 Å². The fourth-order valence-electron chi connectivity index (χ4n) is 9.19. The molecule has 2 saturated carbocycles. The molecule has 0 heterocycles. The van der Waals surface area contributed by atoms with E-state index in [4.69, 9.17) is 0 Å². The highest BCUT2D eigenvalue weighted by molar-refractivity contribution is 5.69. The lowest BCUT2D eigenvalue weighted by atomic mass is 9.52. The second kappa shape index (κ2) is 15.3. The van der Waals surface area contributed by atoms with Crippen LogP contribution >= 0.6 is 0 Å². The standard InChI is InChI=1S/C37H49F9O4/c1-22-30(48)21-29-31-24(19-25-20-26(47)14-15-27(25)28(31)16-18-33(22,29)2)12-9-7-5-3-4-6-8-11-23(32(49)50)13-10-17-34(38,39)35(40,41)36(42,43)37(44,45)46/h14-15,20,23-24,28-31,47-48H,1,3-13,16-19,21H2,2H3,(H,49,50)/t23?,24-,28?,29?,30-,31?,33-/m1/s1. The number of aliphatic hydroxyl groups excluding tert-OH is 1. The zero-order valence-electron chi connectivity index (χ0n) is 28.4. The first-order valence-corrected chi connectivity index (χ1v) is 17.8. The molecule has 0 amide bonds. The molecular weight excluding hydrogens is 679 g/mol. The van der Waals surface area contributed by atoms with Crippen LogP contribution in [0, 0.1) is 29.1 Å². The van der Waals surface area contributed by atoms with Crippen molar-refractivity contribution in [3.05, 3.63) is 41.5 Å². The number of halogens is 9. The first-order valence-electron chi connectivity index (χ1n) is 17.8. The number of hydrogen-bond acceptors (Lipinski definition) is 3. The molecule has 13 heteroatoms. The molecule has 7 atom stereocenters. The molecular formula is C37H49F9O4. The third kappa shape index (κ3) is 7.97. The van der Waals surface area contributed by atoms with Crippen LogP contribution in [0.3, 0.4) is 0 Å². The fourth-order valence-corrected chi connectivity index (χ4v) is 9.19. The molecule has 0 radical (unpaired) electrons. The quantitative estimate of drug-likeness (QED) is 0.0848. The second-order valence-corrected chi connectivity index (χ2v) is 15.2. The lowest BCUT2D eigenvalue weighted by Gasteiger charge is -2.52. The van der Waals surface area contributed by atoms with Gasteiger partial charge in [0.05, 0.1) is 12.0 Å². The molecule has 1 aromatic carbocycles. The van der Waals surface area contributed by atoms with E-state index in [1.54, 1.807) is 6.07 Å². The summed E-state index contributed by atoms with van der Waals surface area (Å²) < 4.78 is 118. The highest BCUT2D eigenvalue weighted by Gasteiger charge is 2.81. The Bertz CT molecular complexity index is 1350. The number of phenolic OH excluding ortho intramolecular Hbond substituents is 1. The van der Waals surface area contributed by atoms with Crippen LogP contribution in [-0.4, -0.2) is 51.3 Å². The molecule has 1 aromatic rings. The summed E-state index contributed by atoms with van der Waals surface area (Å²) in [6.07, 6.45) is -0.575. The molecule has 0 bridgehead atoms. The Morgan fingerprint density at radius 2 is 1.52 bits per heavy atom. The van der Waals surface area contributed by atoms with Gasteiger partial charge in [0.1, 0.15) is 5.75 Å². The molecule has 0 spiro atoms. The molecule has 0 saturated heterocycles. The zero-order chi connectivity index (χ0) is 37.3. The maximum Gasteiger partial charge on any atom is 0.460 e. The third-order valence-corrected chi connectivity index (χ3v) is 12.1. The van der Waals surface area contributed by atoms with Crippen molar-refractivity contribution in [3.63, 3.8) is 0 Å². The lowest BCUT2D eigenvalue weighted by molar-refractivity contribution is -0.396.